The van der Waals surface area contributed by atoms with Crippen LogP contribution >= 0.6 is 0 Å². The molecular formula is C11H22N2O. The van der Waals surface area contributed by atoms with E-state index in [4.69, 9.17) is 0 Å². The second kappa shape index (κ2) is 4.78. The van der Waals surface area contributed by atoms with Crippen molar-refractivity contribution < 1.29 is 4.79 Å². The van der Waals surface area contributed by atoms with Gasteiger partial charge in [-0.15, -0.1) is 0 Å². The Kier molecular flexibility index (Phi) is 3.93. The van der Waals surface area contributed by atoms with Gasteiger partial charge in [0.25, 0.3) is 0 Å². The topological polar surface area (TPSA) is 32.3 Å². The Hall–Kier alpha value is -0.570. The molecule has 2 atom stereocenters. The van der Waals surface area contributed by atoms with Gasteiger partial charge >= 0.3 is 0 Å². The molecule has 1 fully saturated rings. The first kappa shape index (κ1) is 11.5. The molecule has 1 aliphatic heterocycles. The summed E-state index contributed by atoms with van der Waals surface area (Å²) in [4.78, 5) is 13.8. The van der Waals surface area contributed by atoms with E-state index in [1.807, 2.05) is 13.8 Å². The molecule has 3 nitrogen and oxygen atoms in total. The second-order valence-corrected chi connectivity index (χ2v) is 4.80. The Morgan fingerprint density at radius 2 is 2.14 bits per heavy atom. The molecule has 2 unspecified atom stereocenters. The molecule has 3 heteroatoms. The number of nitrogens with one attached hydrogen (secondary N) is 1. The van der Waals surface area contributed by atoms with Crippen molar-refractivity contribution in [3.05, 3.63) is 0 Å². The maximum Gasteiger partial charge on any atom is 0.222 e. The second-order valence-electron chi connectivity index (χ2n) is 4.80. The van der Waals surface area contributed by atoms with Crippen molar-refractivity contribution >= 4 is 5.91 Å². The zero-order valence-electron chi connectivity index (χ0n) is 9.71. The van der Waals surface area contributed by atoms with Crippen molar-refractivity contribution in [3.8, 4) is 0 Å². The number of rotatable bonds is 2. The van der Waals surface area contributed by atoms with Crippen molar-refractivity contribution in [1.82, 2.24) is 10.2 Å². The number of amides is 1. The first-order valence-corrected chi connectivity index (χ1v) is 5.49. The van der Waals surface area contributed by atoms with Crippen LogP contribution in [0.3, 0.4) is 0 Å². The van der Waals surface area contributed by atoms with Crippen LogP contribution in [0.4, 0.5) is 0 Å². The molecule has 0 spiro atoms. The third kappa shape index (κ3) is 2.98. The summed E-state index contributed by atoms with van der Waals surface area (Å²) in [5.41, 5.74) is 0. The molecule has 0 bridgehead atoms. The molecule has 0 aromatic rings. The number of hydrogen-bond donors (Lipinski definition) is 1. The van der Waals surface area contributed by atoms with Crippen LogP contribution in [0.2, 0.25) is 0 Å². The van der Waals surface area contributed by atoms with Gasteiger partial charge in [0.15, 0.2) is 0 Å². The number of carbonyl (C=O) groups excluding carboxylic acids is 1. The van der Waals surface area contributed by atoms with Crippen LogP contribution in [0.25, 0.3) is 0 Å². The van der Waals surface area contributed by atoms with Gasteiger partial charge in [0.05, 0.1) is 0 Å². The number of piperidine rings is 1. The highest BCUT2D eigenvalue weighted by Gasteiger charge is 2.25. The lowest BCUT2D eigenvalue weighted by atomic mass is 9.93. The molecule has 0 aromatic carbocycles. The van der Waals surface area contributed by atoms with Crippen LogP contribution in [-0.4, -0.2) is 37.0 Å². The van der Waals surface area contributed by atoms with E-state index in [2.05, 4.69) is 24.2 Å². The van der Waals surface area contributed by atoms with Crippen LogP contribution in [-0.2, 0) is 4.79 Å². The van der Waals surface area contributed by atoms with Gasteiger partial charge in [0.1, 0.15) is 0 Å². The van der Waals surface area contributed by atoms with Crippen molar-refractivity contribution in [3.63, 3.8) is 0 Å². The molecule has 1 N–H and O–H groups in total. The minimum Gasteiger partial charge on any atom is -0.352 e. The fourth-order valence-electron chi connectivity index (χ4n) is 1.77. The summed E-state index contributed by atoms with van der Waals surface area (Å²) in [5.74, 6) is 0.875. The average molecular weight is 198 g/mol. The summed E-state index contributed by atoms with van der Waals surface area (Å²) < 4.78 is 0. The molecule has 0 saturated carbocycles. The predicted octanol–water partition coefficient (Wildman–Crippen LogP) is 1.10. The number of nitrogens with zero attached hydrogens (tertiary/aromatic N) is 1. The molecular weight excluding hydrogens is 176 g/mol. The highest BCUT2D eigenvalue weighted by molar-refractivity contribution is 5.78. The fourth-order valence-corrected chi connectivity index (χ4v) is 1.77. The van der Waals surface area contributed by atoms with E-state index in [1.54, 1.807) is 0 Å². The third-order valence-corrected chi connectivity index (χ3v) is 3.01. The third-order valence-electron chi connectivity index (χ3n) is 3.01. The van der Waals surface area contributed by atoms with Gasteiger partial charge < -0.3 is 10.2 Å². The molecule has 0 radical (unpaired) electrons. The summed E-state index contributed by atoms with van der Waals surface area (Å²) in [7, 11) is 2.11. The molecule has 0 aliphatic carbocycles. The summed E-state index contributed by atoms with van der Waals surface area (Å²) in [5, 5.41) is 3.12. The van der Waals surface area contributed by atoms with Crippen LogP contribution in [0, 0.1) is 11.8 Å². The smallest absolute Gasteiger partial charge is 0.222 e. The lowest BCUT2D eigenvalue weighted by molar-refractivity contribution is -0.125. The summed E-state index contributed by atoms with van der Waals surface area (Å²) in [6.07, 6.45) is 1.18. The normalized spacial score (nSPS) is 29.2. The lowest BCUT2D eigenvalue weighted by Crippen LogP contribution is -2.51. The maximum absolute atomic E-state index is 11.5. The van der Waals surface area contributed by atoms with E-state index < -0.39 is 0 Å². The quantitative estimate of drug-likeness (QED) is 0.720. The van der Waals surface area contributed by atoms with E-state index in [9.17, 15) is 4.79 Å². The van der Waals surface area contributed by atoms with Gasteiger partial charge in [-0.3, -0.25) is 4.79 Å². The maximum atomic E-state index is 11.5. The Morgan fingerprint density at radius 1 is 1.50 bits per heavy atom. The largest absolute Gasteiger partial charge is 0.352 e. The fraction of sp³-hybridized carbons (Fsp3) is 0.909. The van der Waals surface area contributed by atoms with Crippen molar-refractivity contribution in [2.45, 2.75) is 33.2 Å². The molecule has 82 valence electrons. The Bertz CT molecular complexity index is 203. The molecule has 1 aliphatic rings. The highest BCUT2D eigenvalue weighted by Crippen LogP contribution is 2.16. The monoisotopic (exact) mass is 198 g/mol. The summed E-state index contributed by atoms with van der Waals surface area (Å²) in [6.45, 7) is 8.23. The molecule has 1 amide bonds. The molecule has 1 saturated heterocycles. The average Bonchev–Trinajstić information content (AvgIpc) is 2.11. The predicted molar refractivity (Wildman–Crippen MR) is 58.0 cm³/mol. The summed E-state index contributed by atoms with van der Waals surface area (Å²) in [6, 6.07) is 0.337. The van der Waals surface area contributed by atoms with Gasteiger partial charge in [-0.1, -0.05) is 20.8 Å². The zero-order valence-corrected chi connectivity index (χ0v) is 9.71. The van der Waals surface area contributed by atoms with Crippen molar-refractivity contribution in [2.24, 2.45) is 11.8 Å². The Balaban J connectivity index is 2.45. The van der Waals surface area contributed by atoms with Crippen LogP contribution in [0.5, 0.6) is 0 Å². The molecule has 14 heavy (non-hydrogen) atoms. The van der Waals surface area contributed by atoms with Crippen LogP contribution < -0.4 is 5.32 Å². The first-order chi connectivity index (χ1) is 6.50. The SMILES string of the molecule is CC(C)C(=O)NC1CN(C)CCC1C. The van der Waals surface area contributed by atoms with E-state index >= 15 is 0 Å². The minimum absolute atomic E-state index is 0.0921. The summed E-state index contributed by atoms with van der Waals surface area (Å²) >= 11 is 0. The first-order valence-electron chi connectivity index (χ1n) is 5.49. The van der Waals surface area contributed by atoms with Gasteiger partial charge in [0, 0.05) is 18.5 Å². The van der Waals surface area contributed by atoms with Gasteiger partial charge in [-0.25, -0.2) is 0 Å². The van der Waals surface area contributed by atoms with E-state index in [-0.39, 0.29) is 11.8 Å². The van der Waals surface area contributed by atoms with E-state index in [1.165, 1.54) is 6.42 Å². The van der Waals surface area contributed by atoms with Crippen LogP contribution in [0.15, 0.2) is 0 Å². The number of likely N-dealkylation sites (tertiary alicyclic amines) is 1. The molecule has 1 heterocycles. The molecule has 0 aromatic heterocycles. The molecule has 1 rings (SSSR count). The zero-order chi connectivity index (χ0) is 10.7. The van der Waals surface area contributed by atoms with Gasteiger partial charge in [-0.05, 0) is 25.9 Å². The Labute approximate surface area is 86.9 Å². The number of hydrogen-bond acceptors (Lipinski definition) is 2. The van der Waals surface area contributed by atoms with Crippen LogP contribution in [0.1, 0.15) is 27.2 Å². The number of likely N-dealkylation sites (N-methyl/N-ethyl adjacent to an activating group) is 1. The standard InChI is InChI=1S/C11H22N2O/c1-8(2)11(14)12-10-7-13(4)6-5-9(10)3/h8-10H,5-7H2,1-4H3,(H,12,14). The van der Waals surface area contributed by atoms with Crippen molar-refractivity contribution in [1.29, 1.82) is 0 Å². The van der Waals surface area contributed by atoms with E-state index in [0.717, 1.165) is 13.1 Å². The Morgan fingerprint density at radius 3 is 2.71 bits per heavy atom. The van der Waals surface area contributed by atoms with E-state index in [0.29, 0.717) is 12.0 Å². The van der Waals surface area contributed by atoms with Crippen molar-refractivity contribution in [2.75, 3.05) is 20.1 Å². The number of carbonyl (C=O) groups is 1. The highest BCUT2D eigenvalue weighted by atomic mass is 16.1. The lowest BCUT2D eigenvalue weighted by Gasteiger charge is -2.35. The van der Waals surface area contributed by atoms with Gasteiger partial charge in [0.2, 0.25) is 5.91 Å². The minimum atomic E-state index is 0.0921. The van der Waals surface area contributed by atoms with Gasteiger partial charge in [-0.2, -0.15) is 0 Å².